The van der Waals surface area contributed by atoms with E-state index in [2.05, 4.69) is 15.3 Å². The summed E-state index contributed by atoms with van der Waals surface area (Å²) in [6.07, 6.45) is 1.14. The normalized spacial score (nSPS) is 12.5. The summed E-state index contributed by atoms with van der Waals surface area (Å²) in [4.78, 5) is 17.5. The first-order chi connectivity index (χ1) is 7.97. The molecule has 0 bridgehead atoms. The number of nitrogens with one attached hydrogen (secondary N) is 1. The Kier molecular flexibility index (Phi) is 4.16. The van der Waals surface area contributed by atoms with Crippen molar-refractivity contribution in [3.63, 3.8) is 0 Å². The second kappa shape index (κ2) is 5.39. The monoisotopic (exact) mass is 241 g/mol. The third kappa shape index (κ3) is 3.00. The molecule has 0 fully saturated rings. The summed E-state index contributed by atoms with van der Waals surface area (Å²) in [5, 5.41) is 22.8. The first-order valence-electron chi connectivity index (χ1n) is 5.09. The molecule has 0 aliphatic rings. The molecule has 0 aliphatic heterocycles. The zero-order valence-electron chi connectivity index (χ0n) is 9.62. The Bertz CT molecular complexity index is 410. The van der Waals surface area contributed by atoms with Crippen LogP contribution in [0.25, 0.3) is 0 Å². The van der Waals surface area contributed by atoms with E-state index in [9.17, 15) is 10.1 Å². The molecular formula is C9H15N5O3. The predicted molar refractivity (Wildman–Crippen MR) is 62.4 cm³/mol. The van der Waals surface area contributed by atoms with Gasteiger partial charge in [0.1, 0.15) is 6.33 Å². The Balaban J connectivity index is 3.05. The molecule has 0 unspecified atom stereocenters. The number of anilines is 2. The van der Waals surface area contributed by atoms with E-state index in [4.69, 9.17) is 10.8 Å². The van der Waals surface area contributed by atoms with E-state index in [-0.39, 0.29) is 35.9 Å². The van der Waals surface area contributed by atoms with Gasteiger partial charge in [0.2, 0.25) is 11.6 Å². The standard InChI is InChI=1S/C9H15N5O3/c1-5(2)6(3-15)13-9-7(14(16)17)8(10)11-4-12-9/h4-6,15H,3H2,1-2H3,(H3,10,11,12,13)/t6-/m1/s1. The van der Waals surface area contributed by atoms with Gasteiger partial charge in [-0.2, -0.15) is 0 Å². The number of aromatic nitrogens is 2. The van der Waals surface area contributed by atoms with Gasteiger partial charge in [0.15, 0.2) is 0 Å². The highest BCUT2D eigenvalue weighted by Crippen LogP contribution is 2.27. The van der Waals surface area contributed by atoms with Crippen molar-refractivity contribution in [3.05, 3.63) is 16.4 Å². The molecule has 1 heterocycles. The number of hydrogen-bond acceptors (Lipinski definition) is 7. The molecule has 1 aromatic rings. The Morgan fingerprint density at radius 2 is 2.24 bits per heavy atom. The van der Waals surface area contributed by atoms with Crippen LogP contribution in [-0.2, 0) is 0 Å². The fraction of sp³-hybridized carbons (Fsp3) is 0.556. The number of nitrogen functional groups attached to an aromatic ring is 1. The fourth-order valence-electron chi connectivity index (χ4n) is 1.28. The Morgan fingerprint density at radius 1 is 1.59 bits per heavy atom. The highest BCUT2D eigenvalue weighted by atomic mass is 16.6. The van der Waals surface area contributed by atoms with Crippen LogP contribution in [0.3, 0.4) is 0 Å². The van der Waals surface area contributed by atoms with Gasteiger partial charge in [-0.25, -0.2) is 9.97 Å². The van der Waals surface area contributed by atoms with Gasteiger partial charge in [-0.15, -0.1) is 0 Å². The van der Waals surface area contributed by atoms with E-state index in [0.717, 1.165) is 6.33 Å². The predicted octanol–water partition coefficient (Wildman–Crippen LogP) is 0.396. The zero-order valence-corrected chi connectivity index (χ0v) is 9.62. The SMILES string of the molecule is CC(C)[C@@H](CO)Nc1ncnc(N)c1[N+](=O)[O-]. The molecule has 17 heavy (non-hydrogen) atoms. The first-order valence-corrected chi connectivity index (χ1v) is 5.09. The van der Waals surface area contributed by atoms with Crippen LogP contribution in [-0.4, -0.2) is 32.6 Å². The molecular weight excluding hydrogens is 226 g/mol. The third-order valence-electron chi connectivity index (χ3n) is 2.36. The van der Waals surface area contributed by atoms with E-state index < -0.39 is 4.92 Å². The number of hydrogen-bond donors (Lipinski definition) is 3. The van der Waals surface area contributed by atoms with Crippen LogP contribution >= 0.6 is 0 Å². The van der Waals surface area contributed by atoms with Crippen molar-refractivity contribution in [1.82, 2.24) is 9.97 Å². The summed E-state index contributed by atoms with van der Waals surface area (Å²) in [5.41, 5.74) is 5.05. The molecule has 0 aromatic carbocycles. The van der Waals surface area contributed by atoms with Gasteiger partial charge in [0, 0.05) is 0 Å². The van der Waals surface area contributed by atoms with Gasteiger partial charge < -0.3 is 16.2 Å². The largest absolute Gasteiger partial charge is 0.394 e. The van der Waals surface area contributed by atoms with Crippen molar-refractivity contribution in [1.29, 1.82) is 0 Å². The molecule has 0 aliphatic carbocycles. The summed E-state index contributed by atoms with van der Waals surface area (Å²) in [7, 11) is 0. The lowest BCUT2D eigenvalue weighted by Crippen LogP contribution is -2.30. The molecule has 4 N–H and O–H groups in total. The molecule has 1 rings (SSSR count). The maximum atomic E-state index is 10.8. The smallest absolute Gasteiger partial charge is 0.352 e. The highest BCUT2D eigenvalue weighted by Gasteiger charge is 2.23. The van der Waals surface area contributed by atoms with Crippen molar-refractivity contribution in [3.8, 4) is 0 Å². The van der Waals surface area contributed by atoms with Crippen molar-refractivity contribution in [2.45, 2.75) is 19.9 Å². The molecule has 1 aromatic heterocycles. The maximum absolute atomic E-state index is 10.8. The molecule has 0 amide bonds. The minimum absolute atomic E-state index is 0.0234. The van der Waals surface area contributed by atoms with Gasteiger partial charge in [-0.3, -0.25) is 10.1 Å². The van der Waals surface area contributed by atoms with Crippen molar-refractivity contribution in [2.75, 3.05) is 17.7 Å². The van der Waals surface area contributed by atoms with Crippen LogP contribution in [0.5, 0.6) is 0 Å². The second-order valence-corrected chi connectivity index (χ2v) is 3.89. The van der Waals surface area contributed by atoms with Gasteiger partial charge in [-0.1, -0.05) is 13.8 Å². The summed E-state index contributed by atoms with van der Waals surface area (Å²) >= 11 is 0. The quantitative estimate of drug-likeness (QED) is 0.502. The number of nitrogens with two attached hydrogens (primary N) is 1. The summed E-state index contributed by atoms with van der Waals surface area (Å²) < 4.78 is 0. The van der Waals surface area contributed by atoms with E-state index >= 15 is 0 Å². The Morgan fingerprint density at radius 3 is 2.71 bits per heavy atom. The molecule has 8 heteroatoms. The lowest BCUT2D eigenvalue weighted by Gasteiger charge is -2.20. The average Bonchev–Trinajstić information content (AvgIpc) is 2.24. The fourth-order valence-corrected chi connectivity index (χ4v) is 1.28. The topological polar surface area (TPSA) is 127 Å². The van der Waals surface area contributed by atoms with Crippen LogP contribution in [0.4, 0.5) is 17.3 Å². The minimum atomic E-state index is -0.646. The molecule has 8 nitrogen and oxygen atoms in total. The van der Waals surface area contributed by atoms with Gasteiger partial charge in [-0.05, 0) is 5.92 Å². The molecule has 0 saturated carbocycles. The average molecular weight is 241 g/mol. The second-order valence-electron chi connectivity index (χ2n) is 3.89. The molecule has 0 spiro atoms. The van der Waals surface area contributed by atoms with Crippen LogP contribution in [0.2, 0.25) is 0 Å². The molecule has 0 radical (unpaired) electrons. The van der Waals surface area contributed by atoms with Crippen molar-refractivity contribution in [2.24, 2.45) is 5.92 Å². The number of aliphatic hydroxyl groups is 1. The summed E-state index contributed by atoms with van der Waals surface area (Å²) in [6.45, 7) is 3.60. The van der Waals surface area contributed by atoms with Crippen LogP contribution < -0.4 is 11.1 Å². The van der Waals surface area contributed by atoms with Crippen molar-refractivity contribution >= 4 is 17.3 Å². The highest BCUT2D eigenvalue weighted by molar-refractivity contribution is 5.67. The molecule has 94 valence electrons. The maximum Gasteiger partial charge on any atom is 0.352 e. The summed E-state index contributed by atoms with van der Waals surface area (Å²) in [6, 6.07) is -0.331. The lowest BCUT2D eigenvalue weighted by atomic mass is 10.1. The number of nitrogens with zero attached hydrogens (tertiary/aromatic N) is 3. The number of nitro groups is 1. The van der Waals surface area contributed by atoms with E-state index in [1.807, 2.05) is 13.8 Å². The Hall–Kier alpha value is -1.96. The van der Waals surface area contributed by atoms with E-state index in [0.29, 0.717) is 0 Å². The number of aliphatic hydroxyl groups excluding tert-OH is 1. The van der Waals surface area contributed by atoms with Crippen molar-refractivity contribution < 1.29 is 10.0 Å². The van der Waals surface area contributed by atoms with Crippen LogP contribution in [0, 0.1) is 16.0 Å². The van der Waals surface area contributed by atoms with Gasteiger partial charge in [0.05, 0.1) is 17.6 Å². The van der Waals surface area contributed by atoms with E-state index in [1.165, 1.54) is 0 Å². The molecule has 1 atom stereocenters. The zero-order chi connectivity index (χ0) is 13.0. The molecule has 0 saturated heterocycles. The minimum Gasteiger partial charge on any atom is -0.394 e. The van der Waals surface area contributed by atoms with Gasteiger partial charge in [0.25, 0.3) is 0 Å². The summed E-state index contributed by atoms with van der Waals surface area (Å²) in [5.74, 6) is -0.0843. The number of rotatable bonds is 5. The van der Waals surface area contributed by atoms with Crippen LogP contribution in [0.1, 0.15) is 13.8 Å². The van der Waals surface area contributed by atoms with Crippen LogP contribution in [0.15, 0.2) is 6.33 Å². The lowest BCUT2D eigenvalue weighted by molar-refractivity contribution is -0.383. The van der Waals surface area contributed by atoms with Gasteiger partial charge >= 0.3 is 5.69 Å². The van der Waals surface area contributed by atoms with E-state index in [1.54, 1.807) is 0 Å². The third-order valence-corrected chi connectivity index (χ3v) is 2.36. The first kappa shape index (κ1) is 13.1. The Labute approximate surface area is 98.0 Å².